The summed E-state index contributed by atoms with van der Waals surface area (Å²) in [6, 6.07) is 16.9. The molecule has 1 aliphatic rings. The zero-order chi connectivity index (χ0) is 19.2. The molecular formula is C22H29N3OS. The van der Waals surface area contributed by atoms with E-state index >= 15 is 0 Å². The maximum Gasteiger partial charge on any atom is 0.253 e. The van der Waals surface area contributed by atoms with E-state index in [0.717, 1.165) is 48.6 Å². The molecule has 144 valence electrons. The van der Waals surface area contributed by atoms with Crippen LogP contribution in [0.1, 0.15) is 34.8 Å². The fraction of sp³-hybridized carbons (Fsp3) is 0.409. The van der Waals surface area contributed by atoms with Gasteiger partial charge in [-0.3, -0.25) is 9.69 Å². The smallest absolute Gasteiger partial charge is 0.253 e. The molecule has 0 unspecified atom stereocenters. The van der Waals surface area contributed by atoms with E-state index in [2.05, 4.69) is 54.8 Å². The largest absolute Gasteiger partial charge is 0.335 e. The third-order valence-electron chi connectivity index (χ3n) is 5.01. The van der Waals surface area contributed by atoms with Gasteiger partial charge < -0.3 is 9.62 Å². The third-order valence-corrected chi connectivity index (χ3v) is 5.99. The van der Waals surface area contributed by atoms with Gasteiger partial charge in [-0.05, 0) is 49.7 Å². The first-order chi connectivity index (χ1) is 13.1. The minimum Gasteiger partial charge on any atom is -0.335 e. The summed E-state index contributed by atoms with van der Waals surface area (Å²) in [5.41, 5.74) is 4.30. The number of likely N-dealkylation sites (N-methyl/N-ethyl adjacent to an activating group) is 1. The summed E-state index contributed by atoms with van der Waals surface area (Å²) >= 11 is 1.71. The molecule has 0 atom stereocenters. The van der Waals surface area contributed by atoms with Gasteiger partial charge in [0.15, 0.2) is 0 Å². The average Bonchev–Trinajstić information content (AvgIpc) is 2.62. The fourth-order valence-electron chi connectivity index (χ4n) is 3.23. The predicted molar refractivity (Wildman–Crippen MR) is 115 cm³/mol. The first-order valence-corrected chi connectivity index (χ1v) is 10.6. The Bertz CT molecular complexity index is 759. The van der Waals surface area contributed by atoms with Crippen molar-refractivity contribution in [3.63, 3.8) is 0 Å². The van der Waals surface area contributed by atoms with Gasteiger partial charge in [0, 0.05) is 42.7 Å². The summed E-state index contributed by atoms with van der Waals surface area (Å²) in [5, 5.41) is 0. The quantitative estimate of drug-likeness (QED) is 0.541. The zero-order valence-corrected chi connectivity index (χ0v) is 17.3. The van der Waals surface area contributed by atoms with Crippen LogP contribution in [-0.4, -0.2) is 47.6 Å². The van der Waals surface area contributed by atoms with Crippen molar-refractivity contribution >= 4 is 23.5 Å². The van der Waals surface area contributed by atoms with Gasteiger partial charge in [0.05, 0.1) is 0 Å². The topological polar surface area (TPSA) is 35.6 Å². The molecule has 0 aromatic heterocycles. The van der Waals surface area contributed by atoms with Gasteiger partial charge in [0.25, 0.3) is 5.91 Å². The average molecular weight is 384 g/mol. The van der Waals surface area contributed by atoms with Crippen molar-refractivity contribution in [2.45, 2.75) is 32.9 Å². The molecular weight excluding hydrogens is 354 g/mol. The summed E-state index contributed by atoms with van der Waals surface area (Å²) in [7, 11) is 2.14. The highest BCUT2D eigenvalue weighted by molar-refractivity contribution is 8.00. The highest BCUT2D eigenvalue weighted by Gasteiger charge is 2.33. The molecule has 0 saturated carbocycles. The van der Waals surface area contributed by atoms with E-state index < -0.39 is 0 Å². The van der Waals surface area contributed by atoms with Gasteiger partial charge in [-0.25, -0.2) is 0 Å². The van der Waals surface area contributed by atoms with E-state index in [-0.39, 0.29) is 5.91 Å². The van der Waals surface area contributed by atoms with E-state index in [4.69, 9.17) is 0 Å². The van der Waals surface area contributed by atoms with Gasteiger partial charge in [0.2, 0.25) is 0 Å². The van der Waals surface area contributed by atoms with Gasteiger partial charge >= 0.3 is 0 Å². The SMILES string of the molecule is CCCSNc1ccc(C(=O)N2CC(N(C)Cc3ccccc3)C2)cc1C. The highest BCUT2D eigenvalue weighted by atomic mass is 32.2. The van der Waals surface area contributed by atoms with Crippen molar-refractivity contribution in [1.29, 1.82) is 0 Å². The lowest BCUT2D eigenvalue weighted by Gasteiger charge is -2.44. The Balaban J connectivity index is 1.51. The minimum absolute atomic E-state index is 0.134. The van der Waals surface area contributed by atoms with Crippen LogP contribution in [0.2, 0.25) is 0 Å². The number of likely N-dealkylation sites (tertiary alicyclic amines) is 1. The first kappa shape index (κ1) is 19.8. The number of carbonyl (C=O) groups is 1. The molecule has 2 aromatic carbocycles. The number of nitrogens with zero attached hydrogens (tertiary/aromatic N) is 2. The number of anilines is 1. The van der Waals surface area contributed by atoms with Crippen LogP contribution in [0.25, 0.3) is 0 Å². The van der Waals surface area contributed by atoms with E-state index in [9.17, 15) is 4.79 Å². The molecule has 0 aliphatic carbocycles. The number of aryl methyl sites for hydroxylation is 1. The Hall–Kier alpha value is -1.98. The van der Waals surface area contributed by atoms with Crippen molar-refractivity contribution in [3.05, 3.63) is 65.2 Å². The molecule has 5 heteroatoms. The summed E-state index contributed by atoms with van der Waals surface area (Å²) < 4.78 is 3.37. The van der Waals surface area contributed by atoms with E-state index in [1.54, 1.807) is 11.9 Å². The number of rotatable bonds is 8. The normalized spacial score (nSPS) is 14.3. The number of nitrogens with one attached hydrogen (secondary N) is 1. The van der Waals surface area contributed by atoms with Crippen molar-refractivity contribution in [2.75, 3.05) is 30.6 Å². The molecule has 4 nitrogen and oxygen atoms in total. The number of amides is 1. The second-order valence-electron chi connectivity index (χ2n) is 7.24. The molecule has 1 heterocycles. The van der Waals surface area contributed by atoms with Crippen LogP contribution in [0.4, 0.5) is 5.69 Å². The number of hydrogen-bond donors (Lipinski definition) is 1. The van der Waals surface area contributed by atoms with Crippen LogP contribution in [-0.2, 0) is 6.54 Å². The molecule has 27 heavy (non-hydrogen) atoms. The summed E-state index contributed by atoms with van der Waals surface area (Å²) in [5.74, 6) is 1.21. The second-order valence-corrected chi connectivity index (χ2v) is 8.15. The van der Waals surface area contributed by atoms with Crippen LogP contribution >= 0.6 is 11.9 Å². The molecule has 1 aliphatic heterocycles. The maximum absolute atomic E-state index is 12.8. The third kappa shape index (κ3) is 5.05. The molecule has 1 amide bonds. The molecule has 0 bridgehead atoms. The van der Waals surface area contributed by atoms with Gasteiger partial charge in [-0.1, -0.05) is 49.2 Å². The molecule has 2 aromatic rings. The van der Waals surface area contributed by atoms with Crippen LogP contribution < -0.4 is 4.72 Å². The molecule has 3 rings (SSSR count). The lowest BCUT2D eigenvalue weighted by Crippen LogP contribution is -2.59. The Labute approximate surface area is 167 Å². The van der Waals surface area contributed by atoms with Crippen molar-refractivity contribution in [1.82, 2.24) is 9.80 Å². The Morgan fingerprint density at radius 1 is 1.22 bits per heavy atom. The van der Waals surface area contributed by atoms with E-state index in [1.165, 1.54) is 5.56 Å². The van der Waals surface area contributed by atoms with Crippen molar-refractivity contribution in [3.8, 4) is 0 Å². The van der Waals surface area contributed by atoms with E-state index in [1.807, 2.05) is 29.2 Å². The Morgan fingerprint density at radius 2 is 1.96 bits per heavy atom. The molecule has 0 radical (unpaired) electrons. The van der Waals surface area contributed by atoms with Gasteiger partial charge in [-0.15, -0.1) is 0 Å². The van der Waals surface area contributed by atoms with E-state index in [0.29, 0.717) is 6.04 Å². The molecule has 1 saturated heterocycles. The molecule has 0 spiro atoms. The van der Waals surface area contributed by atoms with Crippen LogP contribution in [0.15, 0.2) is 48.5 Å². The molecule has 1 fully saturated rings. The van der Waals surface area contributed by atoms with Crippen molar-refractivity contribution < 1.29 is 4.79 Å². The van der Waals surface area contributed by atoms with Crippen LogP contribution in [0.3, 0.4) is 0 Å². The lowest BCUT2D eigenvalue weighted by molar-refractivity contribution is 0.0321. The first-order valence-electron chi connectivity index (χ1n) is 9.60. The minimum atomic E-state index is 0.134. The highest BCUT2D eigenvalue weighted by Crippen LogP contribution is 2.23. The molecule has 1 N–H and O–H groups in total. The summed E-state index contributed by atoms with van der Waals surface area (Å²) in [4.78, 5) is 17.0. The number of hydrogen-bond acceptors (Lipinski definition) is 4. The standard InChI is InChI=1S/C22H29N3OS/c1-4-12-27-23-21-11-10-19(13-17(21)2)22(26)25-15-20(16-25)24(3)14-18-8-6-5-7-9-18/h5-11,13,20,23H,4,12,14-16H2,1-3H3. The monoisotopic (exact) mass is 383 g/mol. The Morgan fingerprint density at radius 3 is 2.63 bits per heavy atom. The Kier molecular flexibility index (Phi) is 6.80. The van der Waals surface area contributed by atoms with Crippen molar-refractivity contribution in [2.24, 2.45) is 0 Å². The zero-order valence-electron chi connectivity index (χ0n) is 16.4. The fourth-order valence-corrected chi connectivity index (χ4v) is 3.92. The second kappa shape index (κ2) is 9.29. The van der Waals surface area contributed by atoms with Crippen LogP contribution in [0.5, 0.6) is 0 Å². The summed E-state index contributed by atoms with van der Waals surface area (Å²) in [6.45, 7) is 6.74. The number of benzene rings is 2. The number of carbonyl (C=O) groups excluding carboxylic acids is 1. The maximum atomic E-state index is 12.8. The summed E-state index contributed by atoms with van der Waals surface area (Å²) in [6.07, 6.45) is 1.14. The van der Waals surface area contributed by atoms with Gasteiger partial charge in [0.1, 0.15) is 0 Å². The van der Waals surface area contributed by atoms with Gasteiger partial charge in [-0.2, -0.15) is 0 Å². The predicted octanol–water partition coefficient (Wildman–Crippen LogP) is 4.42. The van der Waals surface area contributed by atoms with Crippen LogP contribution in [0, 0.1) is 6.92 Å². The lowest BCUT2D eigenvalue weighted by atomic mass is 10.0.